The van der Waals surface area contributed by atoms with E-state index in [-0.39, 0.29) is 0 Å². The normalized spacial score (nSPS) is 11.9. The van der Waals surface area contributed by atoms with E-state index in [4.69, 9.17) is 9.47 Å². The summed E-state index contributed by atoms with van der Waals surface area (Å²) in [5.41, 5.74) is 3.83. The van der Waals surface area contributed by atoms with Crippen LogP contribution >= 0.6 is 0 Å². The van der Waals surface area contributed by atoms with E-state index in [1.165, 1.54) is 22.0 Å². The van der Waals surface area contributed by atoms with E-state index >= 15 is 0 Å². The van der Waals surface area contributed by atoms with Gasteiger partial charge in [0.15, 0.2) is 5.96 Å². The second-order valence-electron chi connectivity index (χ2n) is 6.57. The third-order valence-electron chi connectivity index (χ3n) is 4.47. The fraction of sp³-hybridized carbons (Fsp3) is 0.571. The van der Waals surface area contributed by atoms with Gasteiger partial charge in [-0.15, -0.1) is 0 Å². The van der Waals surface area contributed by atoms with Crippen molar-refractivity contribution in [3.8, 4) is 0 Å². The molecule has 0 unspecified atom stereocenters. The molecule has 0 aliphatic carbocycles. The molecule has 1 aromatic carbocycles. The van der Waals surface area contributed by atoms with Crippen LogP contribution in [-0.2, 0) is 15.9 Å². The van der Waals surface area contributed by atoms with Crippen LogP contribution in [0.4, 0.5) is 0 Å². The number of ether oxygens (including phenoxy) is 2. The third kappa shape index (κ3) is 7.23. The number of nitrogens with one attached hydrogen (secondary N) is 3. The number of nitrogens with zero attached hydrogens (tertiary/aromatic N) is 1. The standard InChI is InChI=1S/C21H34N4O2/c1-4-5-12-26-14-15-27-13-11-24-21(22-3)23-10-9-18-16-25-20-17(2)7-6-8-19(18)20/h6-8,16,25H,4-5,9-15H2,1-3H3,(H2,22,23,24). The van der Waals surface area contributed by atoms with Crippen molar-refractivity contribution in [1.82, 2.24) is 15.6 Å². The lowest BCUT2D eigenvalue weighted by atomic mass is 10.1. The second kappa shape index (κ2) is 12.4. The van der Waals surface area contributed by atoms with Crippen LogP contribution in [0.3, 0.4) is 0 Å². The molecule has 0 saturated heterocycles. The molecule has 1 heterocycles. The van der Waals surface area contributed by atoms with Crippen molar-refractivity contribution in [1.29, 1.82) is 0 Å². The van der Waals surface area contributed by atoms with Crippen molar-refractivity contribution in [3.63, 3.8) is 0 Å². The van der Waals surface area contributed by atoms with Crippen molar-refractivity contribution in [3.05, 3.63) is 35.5 Å². The van der Waals surface area contributed by atoms with Crippen molar-refractivity contribution in [2.24, 2.45) is 4.99 Å². The zero-order valence-electron chi connectivity index (χ0n) is 16.9. The van der Waals surface area contributed by atoms with E-state index in [1.807, 2.05) is 0 Å². The predicted molar refractivity (Wildman–Crippen MR) is 113 cm³/mol. The number of H-pyrrole nitrogens is 1. The van der Waals surface area contributed by atoms with Gasteiger partial charge in [0.05, 0.1) is 19.8 Å². The van der Waals surface area contributed by atoms with Crippen LogP contribution in [0, 0.1) is 6.92 Å². The molecule has 0 amide bonds. The van der Waals surface area contributed by atoms with Crippen molar-refractivity contribution in [2.45, 2.75) is 33.1 Å². The molecule has 1 aromatic heterocycles. The topological polar surface area (TPSA) is 70.7 Å². The van der Waals surface area contributed by atoms with Crippen LogP contribution < -0.4 is 10.6 Å². The van der Waals surface area contributed by atoms with Gasteiger partial charge in [-0.25, -0.2) is 0 Å². The summed E-state index contributed by atoms with van der Waals surface area (Å²) in [6.07, 6.45) is 5.32. The number of hydrogen-bond acceptors (Lipinski definition) is 3. The zero-order chi connectivity index (χ0) is 19.3. The quantitative estimate of drug-likeness (QED) is 0.303. The highest BCUT2D eigenvalue weighted by atomic mass is 16.5. The maximum Gasteiger partial charge on any atom is 0.191 e. The average Bonchev–Trinajstić information content (AvgIpc) is 3.10. The zero-order valence-corrected chi connectivity index (χ0v) is 16.9. The molecule has 6 nitrogen and oxygen atoms in total. The first-order valence-electron chi connectivity index (χ1n) is 9.91. The largest absolute Gasteiger partial charge is 0.379 e. The highest BCUT2D eigenvalue weighted by molar-refractivity contribution is 5.86. The lowest BCUT2D eigenvalue weighted by Crippen LogP contribution is -2.39. The molecule has 0 radical (unpaired) electrons. The van der Waals surface area contributed by atoms with Gasteiger partial charge < -0.3 is 25.1 Å². The number of aryl methyl sites for hydroxylation is 1. The van der Waals surface area contributed by atoms with E-state index < -0.39 is 0 Å². The van der Waals surface area contributed by atoms with E-state index in [0.29, 0.717) is 19.8 Å². The molecule has 150 valence electrons. The van der Waals surface area contributed by atoms with Gasteiger partial charge in [0.1, 0.15) is 0 Å². The summed E-state index contributed by atoms with van der Waals surface area (Å²) in [5.74, 6) is 0.800. The Labute approximate surface area is 162 Å². The molecule has 6 heteroatoms. The smallest absolute Gasteiger partial charge is 0.191 e. The van der Waals surface area contributed by atoms with Crippen molar-refractivity contribution >= 4 is 16.9 Å². The Kier molecular flexibility index (Phi) is 9.73. The molecule has 2 aromatic rings. The van der Waals surface area contributed by atoms with E-state index in [2.05, 4.69) is 58.9 Å². The molecule has 3 N–H and O–H groups in total. The summed E-state index contributed by atoms with van der Waals surface area (Å²) < 4.78 is 11.0. The van der Waals surface area contributed by atoms with Crippen LogP contribution in [-0.4, -0.2) is 57.5 Å². The number of para-hydroxylation sites is 1. The SMILES string of the molecule is CCCCOCCOCCNC(=NC)NCCc1c[nH]c2c(C)cccc12. The Morgan fingerprint density at radius 3 is 2.63 bits per heavy atom. The lowest BCUT2D eigenvalue weighted by molar-refractivity contribution is 0.0487. The van der Waals surface area contributed by atoms with Crippen LogP contribution in [0.25, 0.3) is 10.9 Å². The number of fused-ring (bicyclic) bond motifs is 1. The molecule has 0 saturated carbocycles. The number of hydrogen-bond donors (Lipinski definition) is 3. The molecule has 0 aliphatic rings. The Morgan fingerprint density at radius 2 is 1.85 bits per heavy atom. The van der Waals surface area contributed by atoms with Gasteiger partial charge >= 0.3 is 0 Å². The van der Waals surface area contributed by atoms with Crippen LogP contribution in [0.2, 0.25) is 0 Å². The minimum Gasteiger partial charge on any atom is -0.379 e. The Bertz CT molecular complexity index is 697. The number of guanidine groups is 1. The van der Waals surface area contributed by atoms with E-state index in [9.17, 15) is 0 Å². The van der Waals surface area contributed by atoms with Crippen LogP contribution in [0.5, 0.6) is 0 Å². The van der Waals surface area contributed by atoms with Crippen molar-refractivity contribution < 1.29 is 9.47 Å². The summed E-state index contributed by atoms with van der Waals surface area (Å²) >= 11 is 0. The van der Waals surface area contributed by atoms with Gasteiger partial charge in [-0.2, -0.15) is 0 Å². The Hall–Kier alpha value is -2.05. The Balaban J connectivity index is 1.59. The van der Waals surface area contributed by atoms with Crippen LogP contribution in [0.15, 0.2) is 29.4 Å². The highest BCUT2D eigenvalue weighted by Crippen LogP contribution is 2.21. The number of unbranched alkanes of at least 4 members (excludes halogenated alkanes) is 1. The van der Waals surface area contributed by atoms with Gasteiger partial charge in [0, 0.05) is 43.8 Å². The molecule has 0 bridgehead atoms. The maximum absolute atomic E-state index is 5.56. The molecule has 0 atom stereocenters. The first kappa shape index (κ1) is 21.3. The summed E-state index contributed by atoms with van der Waals surface area (Å²) in [4.78, 5) is 7.64. The lowest BCUT2D eigenvalue weighted by Gasteiger charge is -2.12. The average molecular weight is 375 g/mol. The first-order valence-corrected chi connectivity index (χ1v) is 9.91. The van der Waals surface area contributed by atoms with Crippen molar-refractivity contribution in [2.75, 3.05) is 46.6 Å². The van der Waals surface area contributed by atoms with Gasteiger partial charge in [-0.05, 0) is 30.9 Å². The monoisotopic (exact) mass is 374 g/mol. The summed E-state index contributed by atoms with van der Waals surface area (Å²) in [7, 11) is 1.78. The predicted octanol–water partition coefficient (Wildman–Crippen LogP) is 3.02. The number of aliphatic imine (C=N–C) groups is 1. The van der Waals surface area contributed by atoms with Gasteiger partial charge in [0.2, 0.25) is 0 Å². The Morgan fingerprint density at radius 1 is 1.07 bits per heavy atom. The fourth-order valence-corrected chi connectivity index (χ4v) is 2.92. The third-order valence-corrected chi connectivity index (χ3v) is 4.47. The maximum atomic E-state index is 5.56. The molecule has 27 heavy (non-hydrogen) atoms. The number of rotatable bonds is 12. The minimum atomic E-state index is 0.636. The summed E-state index contributed by atoms with van der Waals surface area (Å²) in [6.45, 7) is 8.60. The molecular weight excluding hydrogens is 340 g/mol. The van der Waals surface area contributed by atoms with Crippen LogP contribution in [0.1, 0.15) is 30.9 Å². The van der Waals surface area contributed by atoms with Gasteiger partial charge in [-0.3, -0.25) is 4.99 Å². The summed E-state index contributed by atoms with van der Waals surface area (Å²) in [6, 6.07) is 6.41. The first-order chi connectivity index (χ1) is 13.3. The fourth-order valence-electron chi connectivity index (χ4n) is 2.92. The second-order valence-corrected chi connectivity index (χ2v) is 6.57. The molecule has 2 rings (SSSR count). The molecule has 0 spiro atoms. The van der Waals surface area contributed by atoms with Gasteiger partial charge in [0.25, 0.3) is 0 Å². The number of aromatic amines is 1. The minimum absolute atomic E-state index is 0.636. The molecular formula is C21H34N4O2. The van der Waals surface area contributed by atoms with Gasteiger partial charge in [-0.1, -0.05) is 31.5 Å². The highest BCUT2D eigenvalue weighted by Gasteiger charge is 2.05. The number of benzene rings is 1. The molecule has 0 fully saturated rings. The van der Waals surface area contributed by atoms with E-state index in [1.54, 1.807) is 7.05 Å². The van der Waals surface area contributed by atoms with E-state index in [0.717, 1.165) is 44.9 Å². The number of aromatic nitrogens is 1. The summed E-state index contributed by atoms with van der Waals surface area (Å²) in [5, 5.41) is 7.93. The molecule has 0 aliphatic heterocycles.